The molecule has 0 radical (unpaired) electrons. The number of anilines is 1. The van der Waals surface area contributed by atoms with Crippen molar-refractivity contribution < 1.29 is 19.0 Å². The number of para-hydroxylation sites is 2. The van der Waals surface area contributed by atoms with Gasteiger partial charge in [0.05, 0.1) is 19.4 Å². The Kier molecular flexibility index (Phi) is 6.63. The van der Waals surface area contributed by atoms with Gasteiger partial charge in [-0.05, 0) is 43.7 Å². The molecule has 0 unspecified atom stereocenters. The first-order chi connectivity index (χ1) is 13.6. The van der Waals surface area contributed by atoms with Crippen LogP contribution in [-0.2, 0) is 4.79 Å². The molecule has 0 N–H and O–H groups in total. The molecule has 2 aromatic carbocycles. The van der Waals surface area contributed by atoms with Gasteiger partial charge in [-0.15, -0.1) is 0 Å². The summed E-state index contributed by atoms with van der Waals surface area (Å²) in [6.07, 6.45) is 0. The molecule has 3 rings (SSSR count). The number of piperazine rings is 1. The number of ether oxygens (including phenoxy) is 3. The number of carbonyl (C=O) groups is 1. The molecule has 2 aromatic rings. The third-order valence-corrected chi connectivity index (χ3v) is 4.81. The van der Waals surface area contributed by atoms with Gasteiger partial charge in [-0.1, -0.05) is 18.2 Å². The summed E-state index contributed by atoms with van der Waals surface area (Å²) in [5.41, 5.74) is 2.16. The van der Waals surface area contributed by atoms with Gasteiger partial charge >= 0.3 is 0 Å². The highest BCUT2D eigenvalue weighted by molar-refractivity contribution is 5.78. The second-order valence-electron chi connectivity index (χ2n) is 6.71. The Balaban J connectivity index is 1.54. The van der Waals surface area contributed by atoms with E-state index in [1.54, 1.807) is 7.11 Å². The van der Waals surface area contributed by atoms with Gasteiger partial charge in [0, 0.05) is 26.2 Å². The zero-order valence-corrected chi connectivity index (χ0v) is 16.8. The number of aryl methyl sites for hydroxylation is 1. The molecule has 1 fully saturated rings. The van der Waals surface area contributed by atoms with Crippen LogP contribution in [0.25, 0.3) is 0 Å². The molecule has 0 aromatic heterocycles. The SMILES string of the molecule is CCOc1ccccc1N1CCN(C(=O)COc2ccc(C)cc2OC)CC1. The first-order valence-corrected chi connectivity index (χ1v) is 9.64. The standard InChI is InChI=1S/C22H28N2O4/c1-4-27-19-8-6-5-7-18(19)23-11-13-24(14-12-23)22(25)16-28-20-10-9-17(2)15-21(20)26-3/h5-10,15H,4,11-14,16H2,1-3H3. The number of amides is 1. The molecule has 1 amide bonds. The predicted octanol–water partition coefficient (Wildman–Crippen LogP) is 3.13. The molecule has 1 heterocycles. The Bertz CT molecular complexity index is 801. The summed E-state index contributed by atoms with van der Waals surface area (Å²) in [7, 11) is 1.60. The third kappa shape index (κ3) is 4.68. The van der Waals surface area contributed by atoms with E-state index in [1.165, 1.54) is 0 Å². The van der Waals surface area contributed by atoms with Gasteiger partial charge in [0.1, 0.15) is 5.75 Å². The summed E-state index contributed by atoms with van der Waals surface area (Å²) >= 11 is 0. The normalized spacial score (nSPS) is 14.0. The second kappa shape index (κ2) is 9.35. The molecule has 0 aliphatic carbocycles. The molecular formula is C22H28N2O4. The maximum atomic E-state index is 12.6. The Morgan fingerprint density at radius 2 is 1.71 bits per heavy atom. The molecule has 1 saturated heterocycles. The molecule has 6 heteroatoms. The fourth-order valence-electron chi connectivity index (χ4n) is 3.32. The number of nitrogens with zero attached hydrogens (tertiary/aromatic N) is 2. The minimum Gasteiger partial charge on any atom is -0.493 e. The lowest BCUT2D eigenvalue weighted by molar-refractivity contribution is -0.133. The van der Waals surface area contributed by atoms with Crippen molar-refractivity contribution in [3.05, 3.63) is 48.0 Å². The van der Waals surface area contributed by atoms with Crippen LogP contribution in [0.3, 0.4) is 0 Å². The van der Waals surface area contributed by atoms with E-state index in [-0.39, 0.29) is 12.5 Å². The molecule has 1 aliphatic heterocycles. The fourth-order valence-corrected chi connectivity index (χ4v) is 3.32. The van der Waals surface area contributed by atoms with Crippen molar-refractivity contribution in [2.75, 3.05) is 51.4 Å². The minimum atomic E-state index is -0.0135. The fraction of sp³-hybridized carbons (Fsp3) is 0.409. The third-order valence-electron chi connectivity index (χ3n) is 4.81. The minimum absolute atomic E-state index is 0.00888. The van der Waals surface area contributed by atoms with Crippen LogP contribution in [0.1, 0.15) is 12.5 Å². The molecule has 0 bridgehead atoms. The van der Waals surface area contributed by atoms with E-state index in [0.717, 1.165) is 30.1 Å². The van der Waals surface area contributed by atoms with Crippen LogP contribution in [0, 0.1) is 6.92 Å². The lowest BCUT2D eigenvalue weighted by Crippen LogP contribution is -2.50. The summed E-state index contributed by atoms with van der Waals surface area (Å²) in [6.45, 7) is 7.47. The van der Waals surface area contributed by atoms with Gasteiger partial charge in [-0.2, -0.15) is 0 Å². The first kappa shape index (κ1) is 19.9. The molecule has 28 heavy (non-hydrogen) atoms. The largest absolute Gasteiger partial charge is 0.493 e. The smallest absolute Gasteiger partial charge is 0.260 e. The highest BCUT2D eigenvalue weighted by Gasteiger charge is 2.23. The number of hydrogen-bond acceptors (Lipinski definition) is 5. The highest BCUT2D eigenvalue weighted by Crippen LogP contribution is 2.29. The molecular weight excluding hydrogens is 356 g/mol. The van der Waals surface area contributed by atoms with E-state index < -0.39 is 0 Å². The van der Waals surface area contributed by atoms with Crippen LogP contribution >= 0.6 is 0 Å². The lowest BCUT2D eigenvalue weighted by Gasteiger charge is -2.36. The van der Waals surface area contributed by atoms with Crippen molar-refractivity contribution in [1.29, 1.82) is 0 Å². The van der Waals surface area contributed by atoms with Crippen LogP contribution in [0.4, 0.5) is 5.69 Å². The number of benzene rings is 2. The van der Waals surface area contributed by atoms with Crippen molar-refractivity contribution in [3.63, 3.8) is 0 Å². The molecule has 0 spiro atoms. The molecule has 1 aliphatic rings. The summed E-state index contributed by atoms with van der Waals surface area (Å²) in [6, 6.07) is 13.7. The Hall–Kier alpha value is -2.89. The van der Waals surface area contributed by atoms with Crippen molar-refractivity contribution in [2.24, 2.45) is 0 Å². The van der Waals surface area contributed by atoms with Crippen molar-refractivity contribution in [1.82, 2.24) is 4.90 Å². The summed E-state index contributed by atoms with van der Waals surface area (Å²) in [5.74, 6) is 2.11. The lowest BCUT2D eigenvalue weighted by atomic mass is 10.2. The van der Waals surface area contributed by atoms with Gasteiger partial charge in [0.15, 0.2) is 18.1 Å². The molecule has 6 nitrogen and oxygen atoms in total. The van der Waals surface area contributed by atoms with Crippen molar-refractivity contribution >= 4 is 11.6 Å². The maximum Gasteiger partial charge on any atom is 0.260 e. The van der Waals surface area contributed by atoms with Crippen molar-refractivity contribution in [3.8, 4) is 17.2 Å². The maximum absolute atomic E-state index is 12.6. The number of carbonyl (C=O) groups excluding carboxylic acids is 1. The molecule has 150 valence electrons. The Labute approximate surface area is 166 Å². The van der Waals surface area contributed by atoms with Gasteiger partial charge in [-0.25, -0.2) is 0 Å². The van der Waals surface area contributed by atoms with Gasteiger partial charge in [-0.3, -0.25) is 4.79 Å². The number of hydrogen-bond donors (Lipinski definition) is 0. The van der Waals surface area contributed by atoms with E-state index in [1.807, 2.05) is 55.1 Å². The van der Waals surface area contributed by atoms with E-state index in [2.05, 4.69) is 11.0 Å². The molecule has 0 atom stereocenters. The van der Waals surface area contributed by atoms with Crippen LogP contribution in [0.15, 0.2) is 42.5 Å². The van der Waals surface area contributed by atoms with Gasteiger partial charge in [0.2, 0.25) is 0 Å². The second-order valence-corrected chi connectivity index (χ2v) is 6.71. The monoisotopic (exact) mass is 384 g/mol. The zero-order valence-electron chi connectivity index (χ0n) is 16.8. The van der Waals surface area contributed by atoms with Crippen LogP contribution in [0.2, 0.25) is 0 Å². The van der Waals surface area contributed by atoms with Gasteiger partial charge < -0.3 is 24.0 Å². The van der Waals surface area contributed by atoms with E-state index >= 15 is 0 Å². The Morgan fingerprint density at radius 3 is 2.43 bits per heavy atom. The first-order valence-electron chi connectivity index (χ1n) is 9.64. The van der Waals surface area contributed by atoms with Crippen molar-refractivity contribution in [2.45, 2.75) is 13.8 Å². The zero-order chi connectivity index (χ0) is 19.9. The Morgan fingerprint density at radius 1 is 0.964 bits per heavy atom. The quantitative estimate of drug-likeness (QED) is 0.734. The predicted molar refractivity (Wildman–Crippen MR) is 110 cm³/mol. The van der Waals surface area contributed by atoms with Crippen LogP contribution < -0.4 is 19.1 Å². The van der Waals surface area contributed by atoms with Gasteiger partial charge in [0.25, 0.3) is 5.91 Å². The average Bonchev–Trinajstić information content (AvgIpc) is 2.73. The summed E-state index contributed by atoms with van der Waals surface area (Å²) in [5, 5.41) is 0. The van der Waals surface area contributed by atoms with Crippen LogP contribution in [-0.4, -0.2) is 57.3 Å². The number of methoxy groups -OCH3 is 1. The summed E-state index contributed by atoms with van der Waals surface area (Å²) in [4.78, 5) is 16.7. The summed E-state index contributed by atoms with van der Waals surface area (Å²) < 4.78 is 16.8. The average molecular weight is 384 g/mol. The van der Waals surface area contributed by atoms with E-state index in [0.29, 0.717) is 31.2 Å². The van der Waals surface area contributed by atoms with Crippen LogP contribution in [0.5, 0.6) is 17.2 Å². The topological polar surface area (TPSA) is 51.2 Å². The number of rotatable bonds is 7. The van der Waals surface area contributed by atoms with E-state index in [4.69, 9.17) is 14.2 Å². The van der Waals surface area contributed by atoms with E-state index in [9.17, 15) is 4.79 Å². The highest BCUT2D eigenvalue weighted by atomic mass is 16.5. The molecule has 0 saturated carbocycles.